The van der Waals surface area contributed by atoms with Gasteiger partial charge in [0.1, 0.15) is 5.75 Å². The standard InChI is InChI=1S/C24H28N2O3/c1-16(27)26-14-22(29)24(15-26)21(23(24)18-5-3-2-4-6-18)13-25-10-9-17-7-8-20(28)11-19(17)12-25/h2-8,11,21-23,28-29H,9-10,12-15H2,1H3/t21-,22+,23-,24-/m1/s1. The predicted molar refractivity (Wildman–Crippen MR) is 110 cm³/mol. The summed E-state index contributed by atoms with van der Waals surface area (Å²) < 4.78 is 0. The molecule has 2 N–H and O–H groups in total. The van der Waals surface area contributed by atoms with E-state index in [1.54, 1.807) is 13.0 Å². The van der Waals surface area contributed by atoms with E-state index in [-0.39, 0.29) is 17.2 Å². The minimum atomic E-state index is -0.484. The second-order valence-electron chi connectivity index (χ2n) is 8.96. The van der Waals surface area contributed by atoms with Gasteiger partial charge in [0.2, 0.25) is 5.91 Å². The van der Waals surface area contributed by atoms with Crippen LogP contribution in [-0.4, -0.2) is 58.2 Å². The average molecular weight is 392 g/mol. The zero-order valence-corrected chi connectivity index (χ0v) is 16.8. The second-order valence-corrected chi connectivity index (χ2v) is 8.96. The van der Waals surface area contributed by atoms with Crippen molar-refractivity contribution < 1.29 is 15.0 Å². The fourth-order valence-corrected chi connectivity index (χ4v) is 5.84. The Morgan fingerprint density at radius 1 is 1.17 bits per heavy atom. The number of carbonyl (C=O) groups excluding carboxylic acids is 1. The number of nitrogens with zero attached hydrogens (tertiary/aromatic N) is 2. The Balaban J connectivity index is 1.40. The summed E-state index contributed by atoms with van der Waals surface area (Å²) in [6, 6.07) is 16.1. The van der Waals surface area contributed by atoms with Crippen LogP contribution < -0.4 is 0 Å². The van der Waals surface area contributed by atoms with E-state index in [0.717, 1.165) is 26.1 Å². The predicted octanol–water partition coefficient (Wildman–Crippen LogP) is 2.37. The van der Waals surface area contributed by atoms with E-state index in [4.69, 9.17) is 0 Å². The summed E-state index contributed by atoms with van der Waals surface area (Å²) in [5.74, 6) is 0.955. The van der Waals surface area contributed by atoms with Crippen LogP contribution in [0.1, 0.15) is 29.5 Å². The van der Waals surface area contributed by atoms with Crippen LogP contribution >= 0.6 is 0 Å². The summed E-state index contributed by atoms with van der Waals surface area (Å²) in [6.45, 7) is 5.37. The molecule has 5 heteroatoms. The number of benzene rings is 2. The summed E-state index contributed by atoms with van der Waals surface area (Å²) in [5.41, 5.74) is 3.52. The monoisotopic (exact) mass is 392 g/mol. The molecule has 3 aliphatic rings. The maximum absolute atomic E-state index is 12.0. The highest BCUT2D eigenvalue weighted by atomic mass is 16.3. The Bertz CT molecular complexity index is 931. The molecule has 152 valence electrons. The third-order valence-corrected chi connectivity index (χ3v) is 7.38. The van der Waals surface area contributed by atoms with Gasteiger partial charge in [0, 0.05) is 45.1 Å². The molecule has 2 aromatic carbocycles. The number of likely N-dealkylation sites (tertiary alicyclic amines) is 1. The number of rotatable bonds is 3. The molecule has 1 saturated carbocycles. The van der Waals surface area contributed by atoms with Gasteiger partial charge in [-0.15, -0.1) is 0 Å². The quantitative estimate of drug-likeness (QED) is 0.842. The minimum absolute atomic E-state index is 0.0424. The van der Waals surface area contributed by atoms with E-state index in [2.05, 4.69) is 29.2 Å². The van der Waals surface area contributed by atoms with Crippen LogP contribution in [0.15, 0.2) is 48.5 Å². The number of amides is 1. The van der Waals surface area contributed by atoms with Crippen LogP contribution in [-0.2, 0) is 17.8 Å². The second kappa shape index (κ2) is 6.85. The molecule has 2 fully saturated rings. The van der Waals surface area contributed by atoms with Crippen molar-refractivity contribution in [3.8, 4) is 5.75 Å². The van der Waals surface area contributed by atoms with E-state index in [1.807, 2.05) is 23.1 Å². The van der Waals surface area contributed by atoms with Crippen molar-refractivity contribution in [2.75, 3.05) is 26.2 Å². The molecule has 0 radical (unpaired) electrons. The van der Waals surface area contributed by atoms with Crippen LogP contribution in [0.4, 0.5) is 0 Å². The Morgan fingerprint density at radius 2 is 1.97 bits per heavy atom. The zero-order chi connectivity index (χ0) is 20.2. The zero-order valence-electron chi connectivity index (χ0n) is 16.8. The first-order valence-electron chi connectivity index (χ1n) is 10.5. The van der Waals surface area contributed by atoms with Crippen LogP contribution in [0, 0.1) is 11.3 Å². The summed E-state index contributed by atoms with van der Waals surface area (Å²) in [7, 11) is 0. The number of phenols is 1. The molecule has 29 heavy (non-hydrogen) atoms. The van der Waals surface area contributed by atoms with E-state index in [0.29, 0.717) is 24.8 Å². The largest absolute Gasteiger partial charge is 0.508 e. The van der Waals surface area contributed by atoms with Gasteiger partial charge in [-0.25, -0.2) is 0 Å². The molecule has 2 aromatic rings. The van der Waals surface area contributed by atoms with Gasteiger partial charge >= 0.3 is 0 Å². The lowest BCUT2D eigenvalue weighted by atomic mass is 9.95. The summed E-state index contributed by atoms with van der Waals surface area (Å²) >= 11 is 0. The van der Waals surface area contributed by atoms with E-state index >= 15 is 0 Å². The lowest BCUT2D eigenvalue weighted by Gasteiger charge is -2.29. The van der Waals surface area contributed by atoms with Gasteiger partial charge in [-0.2, -0.15) is 0 Å². The molecule has 0 aromatic heterocycles. The number of hydrogen-bond acceptors (Lipinski definition) is 4. The Hall–Kier alpha value is -2.37. The van der Waals surface area contributed by atoms with Gasteiger partial charge in [0.15, 0.2) is 0 Å². The molecule has 1 spiro atoms. The number of β-amino-alcohol motifs (C(OH)–C–C–N with tert-alkyl or cyclic N) is 1. The smallest absolute Gasteiger partial charge is 0.219 e. The Kier molecular flexibility index (Phi) is 4.41. The van der Waals surface area contributed by atoms with Crippen LogP contribution in [0.25, 0.3) is 0 Å². The maximum atomic E-state index is 12.0. The lowest BCUT2D eigenvalue weighted by molar-refractivity contribution is -0.128. The van der Waals surface area contributed by atoms with E-state index in [1.165, 1.54) is 16.7 Å². The molecule has 5 rings (SSSR count). The van der Waals surface area contributed by atoms with Crippen LogP contribution in [0.2, 0.25) is 0 Å². The average Bonchev–Trinajstić information content (AvgIpc) is 3.20. The highest BCUT2D eigenvalue weighted by Gasteiger charge is 2.71. The SMILES string of the molecule is CC(=O)N1C[C@H](O)[C@@]2(C1)[C@H](CN1CCc3ccc(O)cc3C1)[C@H]2c1ccccc1. The number of carbonyl (C=O) groups is 1. The molecule has 4 atom stereocenters. The van der Waals surface area contributed by atoms with Crippen molar-refractivity contribution >= 4 is 5.91 Å². The molecule has 1 aliphatic carbocycles. The van der Waals surface area contributed by atoms with Gasteiger partial charge < -0.3 is 15.1 Å². The first-order valence-corrected chi connectivity index (χ1v) is 10.5. The summed E-state index contributed by atoms with van der Waals surface area (Å²) in [5, 5.41) is 20.9. The van der Waals surface area contributed by atoms with Crippen molar-refractivity contribution in [2.45, 2.75) is 31.9 Å². The highest BCUT2D eigenvalue weighted by Crippen LogP contribution is 2.69. The molecule has 1 amide bonds. The Labute approximate surface area is 171 Å². The van der Waals surface area contributed by atoms with Crippen molar-refractivity contribution in [1.29, 1.82) is 0 Å². The van der Waals surface area contributed by atoms with Crippen LogP contribution in [0.3, 0.4) is 0 Å². The van der Waals surface area contributed by atoms with Gasteiger partial charge in [-0.3, -0.25) is 9.69 Å². The molecule has 5 nitrogen and oxygen atoms in total. The third-order valence-electron chi connectivity index (χ3n) is 7.38. The first-order chi connectivity index (χ1) is 14.0. The fourth-order valence-electron chi connectivity index (χ4n) is 5.84. The van der Waals surface area contributed by atoms with E-state index < -0.39 is 6.10 Å². The normalized spacial score (nSPS) is 31.1. The number of aliphatic hydroxyl groups is 1. The van der Waals surface area contributed by atoms with Crippen molar-refractivity contribution in [1.82, 2.24) is 9.80 Å². The Morgan fingerprint density at radius 3 is 2.69 bits per heavy atom. The number of fused-ring (bicyclic) bond motifs is 1. The van der Waals surface area contributed by atoms with Crippen LogP contribution in [0.5, 0.6) is 5.75 Å². The number of hydrogen-bond donors (Lipinski definition) is 2. The number of aromatic hydroxyl groups is 1. The van der Waals surface area contributed by atoms with Gasteiger partial charge in [0.05, 0.1) is 6.10 Å². The van der Waals surface area contributed by atoms with Crippen molar-refractivity contribution in [3.05, 3.63) is 65.2 Å². The summed E-state index contributed by atoms with van der Waals surface area (Å²) in [4.78, 5) is 16.3. The minimum Gasteiger partial charge on any atom is -0.508 e. The van der Waals surface area contributed by atoms with E-state index in [9.17, 15) is 15.0 Å². The highest BCUT2D eigenvalue weighted by molar-refractivity contribution is 5.74. The number of aliphatic hydroxyl groups excluding tert-OH is 1. The van der Waals surface area contributed by atoms with Gasteiger partial charge in [-0.1, -0.05) is 36.4 Å². The molecule has 2 aliphatic heterocycles. The maximum Gasteiger partial charge on any atom is 0.219 e. The van der Waals surface area contributed by atoms with Gasteiger partial charge in [0.25, 0.3) is 0 Å². The number of phenolic OH excluding ortho intramolecular Hbond substituents is 1. The van der Waals surface area contributed by atoms with Crippen molar-refractivity contribution in [2.24, 2.45) is 11.3 Å². The topological polar surface area (TPSA) is 64.0 Å². The molecule has 0 unspecified atom stereocenters. The molecule has 0 bridgehead atoms. The lowest BCUT2D eigenvalue weighted by Crippen LogP contribution is -2.34. The molecule has 2 heterocycles. The van der Waals surface area contributed by atoms with Gasteiger partial charge in [-0.05, 0) is 47.1 Å². The molecular formula is C24H28N2O3. The molecular weight excluding hydrogens is 364 g/mol. The fraction of sp³-hybridized carbons (Fsp3) is 0.458. The third kappa shape index (κ3) is 3.04. The first kappa shape index (κ1) is 18.6. The molecule has 1 saturated heterocycles. The van der Waals surface area contributed by atoms with Crippen molar-refractivity contribution in [3.63, 3.8) is 0 Å². The summed E-state index contributed by atoms with van der Waals surface area (Å²) in [6.07, 6.45) is 0.496.